The Morgan fingerprint density at radius 1 is 1.25 bits per heavy atom. The van der Waals surface area contributed by atoms with Crippen LogP contribution in [0.2, 0.25) is 5.02 Å². The molecule has 168 valence electrons. The zero-order chi connectivity index (χ0) is 23.0. The fourth-order valence-electron chi connectivity index (χ4n) is 3.83. The summed E-state index contributed by atoms with van der Waals surface area (Å²) in [7, 11) is 0. The molecule has 1 atom stereocenters. The molecule has 32 heavy (non-hydrogen) atoms. The second-order valence-corrected chi connectivity index (χ2v) is 9.47. The molecular weight excluding hydrogens is 428 g/mol. The first-order valence-corrected chi connectivity index (χ1v) is 11.0. The third kappa shape index (κ3) is 4.55. The molecule has 0 unspecified atom stereocenters. The number of rotatable bonds is 5. The number of nitrogens with one attached hydrogen (secondary N) is 2. The number of nitrogens with zero attached hydrogens (tertiary/aromatic N) is 4. The second kappa shape index (κ2) is 8.43. The predicted molar refractivity (Wildman–Crippen MR) is 125 cm³/mol. The Hall–Kier alpha value is -3.13. The summed E-state index contributed by atoms with van der Waals surface area (Å²) in [6.07, 6.45) is 1.93. The Morgan fingerprint density at radius 2 is 1.97 bits per heavy atom. The fraction of sp³-hybridized carbons (Fsp3) is 0.391. The van der Waals surface area contributed by atoms with Crippen molar-refractivity contribution in [3.8, 4) is 0 Å². The summed E-state index contributed by atoms with van der Waals surface area (Å²) in [5, 5.41) is 11.3. The molecule has 1 fully saturated rings. The number of carbonyl (C=O) groups is 2. The van der Waals surface area contributed by atoms with Crippen LogP contribution in [0.15, 0.2) is 36.5 Å². The molecule has 2 aromatic heterocycles. The van der Waals surface area contributed by atoms with Crippen molar-refractivity contribution >= 4 is 40.6 Å². The fourth-order valence-corrected chi connectivity index (χ4v) is 3.96. The highest BCUT2D eigenvalue weighted by Gasteiger charge is 2.32. The minimum atomic E-state index is -0.314. The van der Waals surface area contributed by atoms with Gasteiger partial charge in [-0.2, -0.15) is 9.61 Å². The number of fused-ring (bicyclic) bond motifs is 1. The SMILES string of the molecule is CCN1C[C@H](c2cc(NC(C)(C)C)n3ncc(C(=O)Nc4ccc(Cl)cc4)c3n2)CC1=O. The van der Waals surface area contributed by atoms with E-state index in [1.54, 1.807) is 28.8 Å². The van der Waals surface area contributed by atoms with Gasteiger partial charge in [-0.1, -0.05) is 11.6 Å². The van der Waals surface area contributed by atoms with Crippen molar-refractivity contribution in [3.05, 3.63) is 52.8 Å². The third-order valence-electron chi connectivity index (χ3n) is 5.36. The summed E-state index contributed by atoms with van der Waals surface area (Å²) in [6.45, 7) is 9.41. The molecule has 1 aliphatic heterocycles. The van der Waals surface area contributed by atoms with Crippen molar-refractivity contribution in [3.63, 3.8) is 0 Å². The number of hydrogen-bond acceptors (Lipinski definition) is 5. The number of aromatic nitrogens is 3. The number of hydrogen-bond donors (Lipinski definition) is 2. The Kier molecular flexibility index (Phi) is 5.81. The number of carbonyl (C=O) groups excluding carboxylic acids is 2. The Labute approximate surface area is 192 Å². The lowest BCUT2D eigenvalue weighted by molar-refractivity contribution is -0.127. The molecule has 0 aliphatic carbocycles. The van der Waals surface area contributed by atoms with Crippen LogP contribution in [0, 0.1) is 0 Å². The highest BCUT2D eigenvalue weighted by Crippen LogP contribution is 2.30. The maximum Gasteiger partial charge on any atom is 0.261 e. The van der Waals surface area contributed by atoms with E-state index in [4.69, 9.17) is 16.6 Å². The normalized spacial score (nSPS) is 16.6. The third-order valence-corrected chi connectivity index (χ3v) is 5.61. The molecule has 8 nitrogen and oxygen atoms in total. The Balaban J connectivity index is 1.74. The molecule has 1 aliphatic rings. The number of likely N-dealkylation sites (N-methyl/N-ethyl adjacent to an activating group) is 1. The lowest BCUT2D eigenvalue weighted by Crippen LogP contribution is -2.28. The van der Waals surface area contributed by atoms with Crippen molar-refractivity contribution < 1.29 is 9.59 Å². The summed E-state index contributed by atoms with van der Waals surface area (Å²) >= 11 is 5.94. The molecule has 9 heteroatoms. The number of amides is 2. The van der Waals surface area contributed by atoms with Crippen LogP contribution < -0.4 is 10.6 Å². The summed E-state index contributed by atoms with van der Waals surface area (Å²) in [5.74, 6) is 0.505. The van der Waals surface area contributed by atoms with Crippen LogP contribution in [0.1, 0.15) is 56.1 Å². The Morgan fingerprint density at radius 3 is 2.59 bits per heavy atom. The topological polar surface area (TPSA) is 91.6 Å². The lowest BCUT2D eigenvalue weighted by Gasteiger charge is -2.23. The van der Waals surface area contributed by atoms with Gasteiger partial charge in [0.1, 0.15) is 11.4 Å². The smallest absolute Gasteiger partial charge is 0.261 e. The van der Waals surface area contributed by atoms with Crippen LogP contribution in [-0.2, 0) is 4.79 Å². The van der Waals surface area contributed by atoms with Crippen LogP contribution in [0.4, 0.5) is 11.5 Å². The van der Waals surface area contributed by atoms with Crippen LogP contribution in [0.3, 0.4) is 0 Å². The molecule has 4 rings (SSSR count). The maximum atomic E-state index is 13.0. The van der Waals surface area contributed by atoms with Gasteiger partial charge in [0.2, 0.25) is 5.91 Å². The van der Waals surface area contributed by atoms with Gasteiger partial charge in [0.15, 0.2) is 5.65 Å². The average molecular weight is 455 g/mol. The summed E-state index contributed by atoms with van der Waals surface area (Å²) < 4.78 is 1.64. The maximum absolute atomic E-state index is 13.0. The first-order valence-electron chi connectivity index (χ1n) is 10.7. The van der Waals surface area contributed by atoms with E-state index >= 15 is 0 Å². The first kappa shape index (κ1) is 22.1. The van der Waals surface area contributed by atoms with Crippen molar-refractivity contribution in [2.24, 2.45) is 0 Å². The second-order valence-electron chi connectivity index (χ2n) is 9.03. The van der Waals surface area contributed by atoms with Crippen LogP contribution >= 0.6 is 11.6 Å². The Bertz CT molecular complexity index is 1170. The van der Waals surface area contributed by atoms with Gasteiger partial charge in [-0.05, 0) is 52.0 Å². The zero-order valence-electron chi connectivity index (χ0n) is 18.6. The van der Waals surface area contributed by atoms with Gasteiger partial charge in [0.25, 0.3) is 5.91 Å². The van der Waals surface area contributed by atoms with Crippen LogP contribution in [-0.4, -0.2) is 49.9 Å². The molecule has 1 saturated heterocycles. The van der Waals surface area contributed by atoms with Crippen molar-refractivity contribution in [2.75, 3.05) is 23.7 Å². The van der Waals surface area contributed by atoms with Gasteiger partial charge in [0, 0.05) is 47.7 Å². The summed E-state index contributed by atoms with van der Waals surface area (Å²) in [5.41, 5.74) is 1.97. The minimum absolute atomic E-state index is 0.0324. The molecule has 0 saturated carbocycles. The minimum Gasteiger partial charge on any atom is -0.365 e. The van der Waals surface area contributed by atoms with Gasteiger partial charge >= 0.3 is 0 Å². The lowest BCUT2D eigenvalue weighted by atomic mass is 10.0. The molecule has 0 bridgehead atoms. The quantitative estimate of drug-likeness (QED) is 0.603. The number of likely N-dealkylation sites (tertiary alicyclic amines) is 1. The summed E-state index contributed by atoms with van der Waals surface area (Å²) in [4.78, 5) is 32.0. The van der Waals surface area contributed by atoms with E-state index < -0.39 is 0 Å². The molecule has 1 aromatic carbocycles. The molecule has 3 heterocycles. The van der Waals surface area contributed by atoms with E-state index in [9.17, 15) is 9.59 Å². The van der Waals surface area contributed by atoms with E-state index in [0.29, 0.717) is 41.4 Å². The van der Waals surface area contributed by atoms with E-state index in [-0.39, 0.29) is 23.3 Å². The van der Waals surface area contributed by atoms with Crippen LogP contribution in [0.5, 0.6) is 0 Å². The van der Waals surface area contributed by atoms with E-state index in [1.807, 2.05) is 17.9 Å². The summed E-state index contributed by atoms with van der Waals surface area (Å²) in [6, 6.07) is 8.84. The molecule has 2 amide bonds. The molecular formula is C23H27ClN6O2. The standard InChI is InChI=1S/C23H27ClN6O2/c1-5-29-13-14(10-20(29)31)18-11-19(28-23(2,3)4)30-21(27-18)17(12-25-30)22(32)26-16-8-6-15(24)7-9-16/h6-9,11-12,14,28H,5,10,13H2,1-4H3,(H,26,32)/t14-/m1/s1. The van der Waals surface area contributed by atoms with Gasteiger partial charge in [-0.25, -0.2) is 4.98 Å². The molecule has 3 aromatic rings. The predicted octanol–water partition coefficient (Wildman–Crippen LogP) is 4.18. The van der Waals surface area contributed by atoms with Gasteiger partial charge < -0.3 is 15.5 Å². The van der Waals surface area contributed by atoms with E-state index in [0.717, 1.165) is 11.5 Å². The monoisotopic (exact) mass is 454 g/mol. The molecule has 0 spiro atoms. The van der Waals surface area contributed by atoms with Crippen molar-refractivity contribution in [1.82, 2.24) is 19.5 Å². The molecule has 2 N–H and O–H groups in total. The molecule has 0 radical (unpaired) electrons. The van der Waals surface area contributed by atoms with Crippen molar-refractivity contribution in [1.29, 1.82) is 0 Å². The largest absolute Gasteiger partial charge is 0.365 e. The van der Waals surface area contributed by atoms with Crippen molar-refractivity contribution in [2.45, 2.75) is 45.6 Å². The van der Waals surface area contributed by atoms with Gasteiger partial charge in [0.05, 0.1) is 11.9 Å². The van der Waals surface area contributed by atoms with Gasteiger partial charge in [-0.15, -0.1) is 0 Å². The highest BCUT2D eigenvalue weighted by atomic mass is 35.5. The number of benzene rings is 1. The van der Waals surface area contributed by atoms with E-state index in [2.05, 4.69) is 36.5 Å². The average Bonchev–Trinajstić information content (AvgIpc) is 3.32. The number of anilines is 2. The first-order chi connectivity index (χ1) is 15.1. The zero-order valence-corrected chi connectivity index (χ0v) is 19.4. The van der Waals surface area contributed by atoms with Crippen LogP contribution in [0.25, 0.3) is 5.65 Å². The highest BCUT2D eigenvalue weighted by molar-refractivity contribution is 6.30. The van der Waals surface area contributed by atoms with E-state index in [1.165, 1.54) is 6.20 Å². The van der Waals surface area contributed by atoms with Gasteiger partial charge in [-0.3, -0.25) is 9.59 Å². The number of halogens is 1.